The topological polar surface area (TPSA) is 44.3 Å². The van der Waals surface area contributed by atoms with Gasteiger partial charge in [-0.05, 0) is 86.8 Å². The number of piperidine rings is 1. The maximum Gasteiger partial charge on any atom is 0.108 e. The van der Waals surface area contributed by atoms with E-state index in [1.54, 1.807) is 5.56 Å². The lowest BCUT2D eigenvalue weighted by atomic mass is 9.44. The molecule has 6 rings (SSSR count). The molecular formula is C22H32N2O. The molecule has 0 radical (unpaired) electrons. The first-order chi connectivity index (χ1) is 12.2. The minimum atomic E-state index is -0.300. The van der Waals surface area contributed by atoms with Crippen molar-refractivity contribution >= 4 is 0 Å². The first kappa shape index (κ1) is 16.3. The zero-order valence-corrected chi connectivity index (χ0v) is 15.2. The van der Waals surface area contributed by atoms with Crippen LogP contribution in [0.15, 0.2) is 30.3 Å². The van der Waals surface area contributed by atoms with Crippen LogP contribution in [0.2, 0.25) is 0 Å². The van der Waals surface area contributed by atoms with Gasteiger partial charge in [0.05, 0.1) is 0 Å². The Kier molecular flexibility index (Phi) is 4.15. The van der Waals surface area contributed by atoms with Crippen LogP contribution in [0.4, 0.5) is 0 Å². The van der Waals surface area contributed by atoms with Gasteiger partial charge in [-0.25, -0.2) is 0 Å². The van der Waals surface area contributed by atoms with Crippen LogP contribution in [-0.2, 0) is 5.41 Å². The number of rotatable bonds is 4. The SMILES string of the molecule is OC(NC1CCNCC1)C1C2CC3CC1CC(c1ccccc1)(C3)C2. The van der Waals surface area contributed by atoms with Crippen LogP contribution < -0.4 is 10.6 Å². The molecule has 3 nitrogen and oxygen atoms in total. The Bertz CT molecular complexity index is 581. The summed E-state index contributed by atoms with van der Waals surface area (Å²) < 4.78 is 0. The fourth-order valence-electron chi connectivity index (χ4n) is 7.07. The summed E-state index contributed by atoms with van der Waals surface area (Å²) in [6, 6.07) is 11.8. The highest BCUT2D eigenvalue weighted by atomic mass is 16.3. The molecular weight excluding hydrogens is 308 g/mol. The molecule has 3 unspecified atom stereocenters. The van der Waals surface area contributed by atoms with Crippen LogP contribution in [0.1, 0.15) is 50.5 Å². The van der Waals surface area contributed by atoms with Gasteiger partial charge in [-0.15, -0.1) is 0 Å². The molecule has 5 aliphatic rings. The molecule has 1 saturated heterocycles. The lowest BCUT2D eigenvalue weighted by Gasteiger charge is -2.61. The number of aliphatic hydroxyl groups is 1. The predicted octanol–water partition coefficient (Wildman–Crippen LogP) is 3.04. The van der Waals surface area contributed by atoms with Gasteiger partial charge in [0.15, 0.2) is 0 Å². The van der Waals surface area contributed by atoms with E-state index in [2.05, 4.69) is 41.0 Å². The van der Waals surface area contributed by atoms with Crippen LogP contribution in [-0.4, -0.2) is 30.5 Å². The van der Waals surface area contributed by atoms with Gasteiger partial charge in [-0.3, -0.25) is 5.32 Å². The third kappa shape index (κ3) is 2.85. The summed E-state index contributed by atoms with van der Waals surface area (Å²) in [4.78, 5) is 0. The minimum Gasteiger partial charge on any atom is -0.378 e. The molecule has 5 fully saturated rings. The highest BCUT2D eigenvalue weighted by molar-refractivity contribution is 5.29. The monoisotopic (exact) mass is 340 g/mol. The molecule has 25 heavy (non-hydrogen) atoms. The number of benzene rings is 1. The summed E-state index contributed by atoms with van der Waals surface area (Å²) in [5, 5.41) is 18.1. The quantitative estimate of drug-likeness (QED) is 0.738. The van der Waals surface area contributed by atoms with Gasteiger partial charge in [0.1, 0.15) is 6.23 Å². The summed E-state index contributed by atoms with van der Waals surface area (Å²) in [5.74, 6) is 2.77. The van der Waals surface area contributed by atoms with Gasteiger partial charge >= 0.3 is 0 Å². The van der Waals surface area contributed by atoms with Gasteiger partial charge in [-0.2, -0.15) is 0 Å². The van der Waals surface area contributed by atoms with Crippen molar-refractivity contribution in [2.24, 2.45) is 23.7 Å². The average Bonchev–Trinajstić information content (AvgIpc) is 2.62. The van der Waals surface area contributed by atoms with E-state index >= 15 is 0 Å². The van der Waals surface area contributed by atoms with E-state index in [-0.39, 0.29) is 6.23 Å². The summed E-state index contributed by atoms with van der Waals surface area (Å²) >= 11 is 0. The molecule has 0 aromatic heterocycles. The summed E-state index contributed by atoms with van der Waals surface area (Å²) in [6.07, 6.45) is 8.66. The maximum atomic E-state index is 11.1. The molecule has 1 heterocycles. The molecule has 0 spiro atoms. The Morgan fingerprint density at radius 3 is 2.36 bits per heavy atom. The Hall–Kier alpha value is -0.900. The Morgan fingerprint density at radius 2 is 1.68 bits per heavy atom. The fraction of sp³-hybridized carbons (Fsp3) is 0.727. The van der Waals surface area contributed by atoms with E-state index in [1.807, 2.05) is 0 Å². The molecule has 1 aliphatic heterocycles. The molecule has 3 heteroatoms. The standard InChI is InChI=1S/C22H32N2O/c25-21(24-19-6-8-23-9-7-19)20-16-10-15-11-17(20)14-22(12-15,13-16)18-4-2-1-3-5-18/h1-5,15-17,19-21,23-25H,6-14H2. The van der Waals surface area contributed by atoms with E-state index in [0.717, 1.165) is 31.8 Å². The predicted molar refractivity (Wildman–Crippen MR) is 100 cm³/mol. The molecule has 4 bridgehead atoms. The van der Waals surface area contributed by atoms with Crippen molar-refractivity contribution in [1.29, 1.82) is 0 Å². The lowest BCUT2D eigenvalue weighted by Crippen LogP contribution is -2.59. The van der Waals surface area contributed by atoms with Crippen molar-refractivity contribution in [3.05, 3.63) is 35.9 Å². The number of aliphatic hydroxyl groups excluding tert-OH is 1. The van der Waals surface area contributed by atoms with Gasteiger partial charge < -0.3 is 10.4 Å². The molecule has 1 aromatic carbocycles. The van der Waals surface area contributed by atoms with E-state index in [9.17, 15) is 5.11 Å². The second-order valence-electron chi connectivity index (χ2n) is 9.33. The van der Waals surface area contributed by atoms with Crippen LogP contribution in [0, 0.1) is 23.7 Å². The first-order valence-electron chi connectivity index (χ1n) is 10.4. The normalized spacial score (nSPS) is 41.8. The zero-order valence-electron chi connectivity index (χ0n) is 15.2. The van der Waals surface area contributed by atoms with Crippen molar-refractivity contribution in [2.75, 3.05) is 13.1 Å². The smallest absolute Gasteiger partial charge is 0.108 e. The summed E-state index contributed by atoms with van der Waals surface area (Å²) in [5.41, 5.74) is 1.97. The van der Waals surface area contributed by atoms with Crippen LogP contribution in [0.5, 0.6) is 0 Å². The maximum absolute atomic E-state index is 11.1. The number of hydrogen-bond donors (Lipinski definition) is 3. The fourth-order valence-corrected chi connectivity index (χ4v) is 7.07. The highest BCUT2D eigenvalue weighted by Crippen LogP contribution is 2.63. The Labute approximate surface area is 151 Å². The molecule has 3 N–H and O–H groups in total. The first-order valence-corrected chi connectivity index (χ1v) is 10.4. The van der Waals surface area contributed by atoms with Crippen molar-refractivity contribution in [1.82, 2.24) is 10.6 Å². The Morgan fingerprint density at radius 1 is 1.00 bits per heavy atom. The van der Waals surface area contributed by atoms with Gasteiger partial charge in [0, 0.05) is 12.0 Å². The summed E-state index contributed by atoms with van der Waals surface area (Å²) in [6.45, 7) is 2.17. The van der Waals surface area contributed by atoms with Crippen molar-refractivity contribution < 1.29 is 5.11 Å². The number of nitrogens with one attached hydrogen (secondary N) is 2. The van der Waals surface area contributed by atoms with Gasteiger partial charge in [0.25, 0.3) is 0 Å². The highest BCUT2D eigenvalue weighted by Gasteiger charge is 2.57. The van der Waals surface area contributed by atoms with Gasteiger partial charge in [-0.1, -0.05) is 30.3 Å². The second kappa shape index (κ2) is 6.37. The lowest BCUT2D eigenvalue weighted by molar-refractivity contribution is -0.114. The molecule has 4 aliphatic carbocycles. The number of hydrogen-bond acceptors (Lipinski definition) is 3. The van der Waals surface area contributed by atoms with Gasteiger partial charge in [0.2, 0.25) is 0 Å². The third-order valence-electron chi connectivity index (χ3n) is 7.84. The average molecular weight is 341 g/mol. The molecule has 1 aromatic rings. The third-order valence-corrected chi connectivity index (χ3v) is 7.84. The van der Waals surface area contributed by atoms with E-state index < -0.39 is 0 Å². The molecule has 136 valence electrons. The van der Waals surface area contributed by atoms with E-state index in [1.165, 1.54) is 32.1 Å². The summed E-state index contributed by atoms with van der Waals surface area (Å²) in [7, 11) is 0. The van der Waals surface area contributed by atoms with Crippen LogP contribution in [0.3, 0.4) is 0 Å². The largest absolute Gasteiger partial charge is 0.378 e. The van der Waals surface area contributed by atoms with E-state index in [4.69, 9.17) is 0 Å². The molecule has 4 saturated carbocycles. The molecule has 3 atom stereocenters. The minimum absolute atomic E-state index is 0.300. The van der Waals surface area contributed by atoms with Crippen LogP contribution >= 0.6 is 0 Å². The second-order valence-corrected chi connectivity index (χ2v) is 9.33. The van der Waals surface area contributed by atoms with Crippen molar-refractivity contribution in [2.45, 2.75) is 62.6 Å². The van der Waals surface area contributed by atoms with Crippen molar-refractivity contribution in [3.8, 4) is 0 Å². The molecule has 0 amide bonds. The van der Waals surface area contributed by atoms with Crippen molar-refractivity contribution in [3.63, 3.8) is 0 Å². The van der Waals surface area contributed by atoms with E-state index in [0.29, 0.717) is 29.2 Å². The zero-order chi connectivity index (χ0) is 16.9. The Balaban J connectivity index is 1.34. The van der Waals surface area contributed by atoms with Crippen LogP contribution in [0.25, 0.3) is 0 Å².